The van der Waals surface area contributed by atoms with E-state index in [4.69, 9.17) is 10.2 Å². The van der Waals surface area contributed by atoms with Crippen molar-refractivity contribution >= 4 is 34.5 Å². The van der Waals surface area contributed by atoms with Gasteiger partial charge in [-0.25, -0.2) is 9.97 Å². The van der Waals surface area contributed by atoms with Crippen molar-refractivity contribution in [1.29, 1.82) is 5.26 Å². The Morgan fingerprint density at radius 3 is 2.55 bits per heavy atom. The first-order chi connectivity index (χ1) is 14.8. The number of hydrogen-bond acceptors (Lipinski definition) is 4. The van der Waals surface area contributed by atoms with Crippen LogP contribution in [0.2, 0.25) is 0 Å². The van der Waals surface area contributed by atoms with Crippen LogP contribution in [0.3, 0.4) is 0 Å². The van der Waals surface area contributed by atoms with Gasteiger partial charge in [0.1, 0.15) is 5.82 Å². The standard InChI is InChI=1S/C25H18N4S.ClH/c26-14-18-7-5-17(6-8-18)11-24-27-15-22(28-24)13-25-29-23(16-30-25)21-10-9-19-3-1-2-4-20(19)12-21;/h1-10,12,15-16H,11,13H2,(H,27,28);1H. The molecule has 0 bridgehead atoms. The number of H-pyrrole nitrogens is 1. The van der Waals surface area contributed by atoms with Gasteiger partial charge in [0.15, 0.2) is 0 Å². The Morgan fingerprint density at radius 1 is 0.935 bits per heavy atom. The van der Waals surface area contributed by atoms with Crippen LogP contribution in [0.1, 0.15) is 27.7 Å². The molecule has 5 rings (SSSR count). The zero-order chi connectivity index (χ0) is 20.3. The van der Waals surface area contributed by atoms with E-state index in [1.807, 2.05) is 30.5 Å². The average molecular weight is 443 g/mol. The summed E-state index contributed by atoms with van der Waals surface area (Å²) in [5.74, 6) is 0.918. The van der Waals surface area contributed by atoms with E-state index in [-0.39, 0.29) is 12.4 Å². The highest BCUT2D eigenvalue weighted by Gasteiger charge is 2.09. The smallest absolute Gasteiger partial charge is 0.110 e. The minimum absolute atomic E-state index is 0. The highest BCUT2D eigenvalue weighted by molar-refractivity contribution is 7.10. The van der Waals surface area contributed by atoms with Crippen LogP contribution >= 0.6 is 23.7 Å². The number of aromatic amines is 1. The largest absolute Gasteiger partial charge is 0.345 e. The first kappa shape index (κ1) is 20.8. The number of hydrogen-bond donors (Lipinski definition) is 1. The fraction of sp³-hybridized carbons (Fsp3) is 0.0800. The summed E-state index contributed by atoms with van der Waals surface area (Å²) < 4.78 is 0. The van der Waals surface area contributed by atoms with E-state index in [9.17, 15) is 0 Å². The molecule has 31 heavy (non-hydrogen) atoms. The zero-order valence-corrected chi connectivity index (χ0v) is 18.2. The Morgan fingerprint density at radius 2 is 1.74 bits per heavy atom. The van der Waals surface area contributed by atoms with Crippen LogP contribution in [-0.2, 0) is 12.8 Å². The van der Waals surface area contributed by atoms with E-state index in [1.165, 1.54) is 10.8 Å². The van der Waals surface area contributed by atoms with E-state index in [1.54, 1.807) is 11.3 Å². The molecular formula is C25H19ClN4S. The minimum Gasteiger partial charge on any atom is -0.345 e. The van der Waals surface area contributed by atoms with Gasteiger partial charge in [0.2, 0.25) is 0 Å². The summed E-state index contributed by atoms with van der Waals surface area (Å²) in [6.07, 6.45) is 3.33. The molecule has 0 saturated carbocycles. The number of thiazole rings is 1. The molecule has 0 aliphatic carbocycles. The third-order valence-corrected chi connectivity index (χ3v) is 5.92. The minimum atomic E-state index is 0. The number of nitriles is 1. The molecule has 6 heteroatoms. The number of nitrogens with zero attached hydrogens (tertiary/aromatic N) is 3. The van der Waals surface area contributed by atoms with E-state index in [0.29, 0.717) is 12.0 Å². The van der Waals surface area contributed by atoms with Crippen molar-refractivity contribution in [2.45, 2.75) is 12.8 Å². The first-order valence-corrected chi connectivity index (χ1v) is 10.6. The van der Waals surface area contributed by atoms with Gasteiger partial charge in [0.25, 0.3) is 0 Å². The Bertz CT molecular complexity index is 1360. The maximum atomic E-state index is 8.91. The lowest BCUT2D eigenvalue weighted by molar-refractivity contribution is 0.995. The fourth-order valence-corrected chi connectivity index (χ4v) is 4.34. The molecule has 0 atom stereocenters. The van der Waals surface area contributed by atoms with Crippen LogP contribution < -0.4 is 0 Å². The fourth-order valence-electron chi connectivity index (χ4n) is 3.51. The second kappa shape index (κ2) is 9.13. The molecule has 0 unspecified atom stereocenters. The van der Waals surface area contributed by atoms with Gasteiger partial charge < -0.3 is 4.98 Å². The maximum absolute atomic E-state index is 8.91. The average Bonchev–Trinajstić information content (AvgIpc) is 3.44. The molecule has 152 valence electrons. The summed E-state index contributed by atoms with van der Waals surface area (Å²) in [5, 5.41) is 14.6. The van der Waals surface area contributed by atoms with E-state index in [0.717, 1.165) is 39.8 Å². The first-order valence-electron chi connectivity index (χ1n) is 9.72. The molecule has 1 N–H and O–H groups in total. The Balaban J connectivity index is 0.00000231. The number of fused-ring (bicyclic) bond motifs is 1. The highest BCUT2D eigenvalue weighted by atomic mass is 35.5. The van der Waals surface area contributed by atoms with Crippen molar-refractivity contribution < 1.29 is 0 Å². The van der Waals surface area contributed by atoms with E-state index >= 15 is 0 Å². The molecule has 3 aromatic carbocycles. The molecule has 2 aromatic heterocycles. The highest BCUT2D eigenvalue weighted by Crippen LogP contribution is 2.26. The van der Waals surface area contributed by atoms with Gasteiger partial charge in [-0.1, -0.05) is 48.5 Å². The van der Waals surface area contributed by atoms with Crippen molar-refractivity contribution in [2.75, 3.05) is 0 Å². The zero-order valence-electron chi connectivity index (χ0n) is 16.6. The molecule has 0 fully saturated rings. The SMILES string of the molecule is Cl.N#Cc1ccc(Cc2ncc(Cc3nc(-c4ccc5ccccc5c4)cs3)[nH]2)cc1. The second-order valence-electron chi connectivity index (χ2n) is 7.21. The Labute approximate surface area is 190 Å². The number of aromatic nitrogens is 3. The van der Waals surface area contributed by atoms with Gasteiger partial charge >= 0.3 is 0 Å². The maximum Gasteiger partial charge on any atom is 0.110 e. The van der Waals surface area contributed by atoms with Crippen molar-refractivity contribution in [2.24, 2.45) is 0 Å². The Kier molecular flexibility index (Phi) is 6.13. The third kappa shape index (κ3) is 4.66. The van der Waals surface area contributed by atoms with E-state index < -0.39 is 0 Å². The predicted octanol–water partition coefficient (Wildman–Crippen LogP) is 6.16. The van der Waals surface area contributed by atoms with Gasteiger partial charge in [-0.2, -0.15) is 5.26 Å². The molecule has 0 saturated heterocycles. The molecule has 5 aromatic rings. The lowest BCUT2D eigenvalue weighted by Crippen LogP contribution is -1.92. The van der Waals surface area contributed by atoms with Crippen molar-refractivity contribution in [3.63, 3.8) is 0 Å². The number of halogens is 1. The van der Waals surface area contributed by atoms with Crippen molar-refractivity contribution in [3.05, 3.63) is 106 Å². The number of imidazole rings is 1. The number of benzene rings is 3. The number of rotatable bonds is 5. The van der Waals surface area contributed by atoms with Crippen LogP contribution in [0.4, 0.5) is 0 Å². The number of nitrogens with one attached hydrogen (secondary N) is 1. The molecule has 0 radical (unpaired) electrons. The second-order valence-corrected chi connectivity index (χ2v) is 8.15. The lowest BCUT2D eigenvalue weighted by atomic mass is 10.1. The predicted molar refractivity (Wildman–Crippen MR) is 128 cm³/mol. The summed E-state index contributed by atoms with van der Waals surface area (Å²) in [5.41, 5.74) is 5.01. The molecule has 0 aliphatic rings. The molecule has 0 aliphatic heterocycles. The van der Waals surface area contributed by atoms with Crippen molar-refractivity contribution in [1.82, 2.24) is 15.0 Å². The van der Waals surface area contributed by atoms with Crippen LogP contribution in [-0.4, -0.2) is 15.0 Å². The van der Waals surface area contributed by atoms with Crippen molar-refractivity contribution in [3.8, 4) is 17.3 Å². The normalized spacial score (nSPS) is 10.5. The van der Waals surface area contributed by atoms with Gasteiger partial charge in [-0.3, -0.25) is 0 Å². The van der Waals surface area contributed by atoms with Gasteiger partial charge in [-0.05, 0) is 34.5 Å². The topological polar surface area (TPSA) is 65.4 Å². The summed E-state index contributed by atoms with van der Waals surface area (Å²) in [6, 6.07) is 24.6. The molecule has 0 amide bonds. The van der Waals surface area contributed by atoms with Crippen LogP contribution in [0.5, 0.6) is 0 Å². The summed E-state index contributed by atoms with van der Waals surface area (Å²) in [6.45, 7) is 0. The van der Waals surface area contributed by atoms with Gasteiger partial charge in [-0.15, -0.1) is 23.7 Å². The van der Waals surface area contributed by atoms with E-state index in [2.05, 4.69) is 63.9 Å². The summed E-state index contributed by atoms with van der Waals surface area (Å²) in [7, 11) is 0. The Hall–Kier alpha value is -3.46. The molecule has 4 nitrogen and oxygen atoms in total. The van der Waals surface area contributed by atoms with Crippen LogP contribution in [0, 0.1) is 11.3 Å². The molecule has 2 heterocycles. The summed E-state index contributed by atoms with van der Waals surface area (Å²) >= 11 is 1.67. The monoisotopic (exact) mass is 442 g/mol. The van der Waals surface area contributed by atoms with Gasteiger partial charge in [0.05, 0.1) is 22.3 Å². The summed E-state index contributed by atoms with van der Waals surface area (Å²) in [4.78, 5) is 12.7. The van der Waals surface area contributed by atoms with Crippen LogP contribution in [0.25, 0.3) is 22.0 Å². The molecule has 0 spiro atoms. The molecular weight excluding hydrogens is 424 g/mol. The van der Waals surface area contributed by atoms with Gasteiger partial charge in [0, 0.05) is 35.7 Å². The van der Waals surface area contributed by atoms with Crippen LogP contribution in [0.15, 0.2) is 78.3 Å². The third-order valence-electron chi connectivity index (χ3n) is 5.07. The lowest BCUT2D eigenvalue weighted by Gasteiger charge is -2.01. The quantitative estimate of drug-likeness (QED) is 0.354.